The third kappa shape index (κ3) is 14.6. The van der Waals surface area contributed by atoms with Crippen LogP contribution < -0.4 is 16.4 Å². The molecule has 0 radical (unpaired) electrons. The van der Waals surface area contributed by atoms with E-state index >= 15 is 0 Å². The predicted octanol–water partition coefficient (Wildman–Crippen LogP) is 2.77. The topological polar surface area (TPSA) is 106 Å². The fraction of sp³-hybridized carbons (Fsp3) is 0.680. The second-order valence-electron chi connectivity index (χ2n) is 9.53. The van der Waals surface area contributed by atoms with E-state index < -0.39 is 5.91 Å². The molecule has 188 valence electrons. The molecule has 2 amide bonds. The van der Waals surface area contributed by atoms with Crippen LogP contribution in [-0.2, 0) is 25.6 Å². The molecule has 8 nitrogen and oxygen atoms in total. The van der Waals surface area contributed by atoms with E-state index in [0.29, 0.717) is 32.8 Å². The van der Waals surface area contributed by atoms with Gasteiger partial charge in [-0.1, -0.05) is 32.9 Å². The number of hydrogen-bond acceptors (Lipinski definition) is 6. The summed E-state index contributed by atoms with van der Waals surface area (Å²) in [4.78, 5) is 25.2. The number of ether oxygens (including phenoxy) is 2. The van der Waals surface area contributed by atoms with Gasteiger partial charge in [-0.05, 0) is 51.1 Å². The van der Waals surface area contributed by atoms with Gasteiger partial charge in [0.15, 0.2) is 0 Å². The van der Waals surface area contributed by atoms with E-state index in [4.69, 9.17) is 15.2 Å². The monoisotopic (exact) mass is 464 g/mol. The summed E-state index contributed by atoms with van der Waals surface area (Å²) < 4.78 is 10.6. The van der Waals surface area contributed by atoms with Crippen LogP contribution in [0.2, 0.25) is 0 Å². The summed E-state index contributed by atoms with van der Waals surface area (Å²) in [6, 6.07) is 8.71. The third-order valence-electron chi connectivity index (χ3n) is 5.10. The number of nitrogens with one attached hydrogen (secondary N) is 2. The second kappa shape index (κ2) is 15.6. The average molecular weight is 465 g/mol. The molecule has 0 aliphatic heterocycles. The van der Waals surface area contributed by atoms with E-state index in [9.17, 15) is 9.59 Å². The quantitative estimate of drug-likeness (QED) is 0.289. The Bertz CT molecular complexity index is 694. The van der Waals surface area contributed by atoms with Crippen LogP contribution in [0.5, 0.6) is 0 Å². The molecule has 0 saturated carbocycles. The third-order valence-corrected chi connectivity index (χ3v) is 5.10. The zero-order valence-corrected chi connectivity index (χ0v) is 21.1. The van der Waals surface area contributed by atoms with Gasteiger partial charge < -0.3 is 30.7 Å². The van der Waals surface area contributed by atoms with E-state index in [2.05, 4.69) is 60.7 Å². The number of nitrogens with two attached hydrogens (primary N) is 1. The molecule has 0 aliphatic carbocycles. The molecule has 0 aromatic heterocycles. The summed E-state index contributed by atoms with van der Waals surface area (Å²) in [6.45, 7) is 12.0. The average Bonchev–Trinajstić information content (AvgIpc) is 2.74. The highest BCUT2D eigenvalue weighted by Gasteiger charge is 2.19. The Morgan fingerprint density at radius 3 is 2.45 bits per heavy atom. The molecule has 0 saturated heterocycles. The minimum Gasteiger partial charge on any atom is -0.383 e. The number of hydrogen-bond donors (Lipinski definition) is 3. The van der Waals surface area contributed by atoms with Gasteiger partial charge in [-0.2, -0.15) is 0 Å². The van der Waals surface area contributed by atoms with Crippen LogP contribution in [0.25, 0.3) is 0 Å². The smallest absolute Gasteiger partial charge is 0.243 e. The SMILES string of the molecule is CCCN(C)Cc1ccc(NC(C)CCC(=O)NCC(C)(C)COCCOCC(N)=O)cc1. The molecule has 0 fully saturated rings. The molecule has 0 heterocycles. The van der Waals surface area contributed by atoms with Crippen molar-refractivity contribution in [1.29, 1.82) is 0 Å². The molecular weight excluding hydrogens is 420 g/mol. The molecule has 1 unspecified atom stereocenters. The number of benzene rings is 1. The molecule has 1 rings (SSSR count). The first-order valence-corrected chi connectivity index (χ1v) is 11.9. The van der Waals surface area contributed by atoms with Gasteiger partial charge in [0.05, 0.1) is 19.8 Å². The number of rotatable bonds is 18. The van der Waals surface area contributed by atoms with Crippen molar-refractivity contribution in [3.05, 3.63) is 29.8 Å². The van der Waals surface area contributed by atoms with E-state index in [-0.39, 0.29) is 24.0 Å². The van der Waals surface area contributed by atoms with Gasteiger partial charge in [0.1, 0.15) is 6.61 Å². The lowest BCUT2D eigenvalue weighted by molar-refractivity contribution is -0.123. The van der Waals surface area contributed by atoms with Gasteiger partial charge in [-0.15, -0.1) is 0 Å². The normalized spacial score (nSPS) is 12.5. The maximum absolute atomic E-state index is 12.3. The first-order valence-electron chi connectivity index (χ1n) is 11.9. The van der Waals surface area contributed by atoms with E-state index in [0.717, 1.165) is 31.6 Å². The van der Waals surface area contributed by atoms with Gasteiger partial charge in [0.2, 0.25) is 11.8 Å². The van der Waals surface area contributed by atoms with Crippen LogP contribution in [0.1, 0.15) is 52.5 Å². The Morgan fingerprint density at radius 1 is 1.15 bits per heavy atom. The summed E-state index contributed by atoms with van der Waals surface area (Å²) in [5, 5.41) is 6.47. The maximum atomic E-state index is 12.3. The summed E-state index contributed by atoms with van der Waals surface area (Å²) in [6.07, 6.45) is 2.37. The highest BCUT2D eigenvalue weighted by molar-refractivity contribution is 5.76. The van der Waals surface area contributed by atoms with Crippen molar-refractivity contribution in [2.24, 2.45) is 11.1 Å². The molecule has 33 heavy (non-hydrogen) atoms. The largest absolute Gasteiger partial charge is 0.383 e. The minimum atomic E-state index is -0.494. The molecule has 1 aromatic carbocycles. The first kappa shape index (κ1) is 28.9. The fourth-order valence-electron chi connectivity index (χ4n) is 3.30. The van der Waals surface area contributed by atoms with Gasteiger partial charge >= 0.3 is 0 Å². The Kier molecular flexibility index (Phi) is 13.7. The Labute approximate surface area is 199 Å². The van der Waals surface area contributed by atoms with Crippen LogP contribution in [0.4, 0.5) is 5.69 Å². The first-order chi connectivity index (χ1) is 15.6. The zero-order chi connectivity index (χ0) is 24.7. The van der Waals surface area contributed by atoms with Crippen LogP contribution in [-0.4, -0.2) is 69.3 Å². The summed E-state index contributed by atoms with van der Waals surface area (Å²) in [7, 11) is 2.14. The minimum absolute atomic E-state index is 0.0378. The van der Waals surface area contributed by atoms with Crippen molar-refractivity contribution >= 4 is 17.5 Å². The summed E-state index contributed by atoms with van der Waals surface area (Å²) >= 11 is 0. The van der Waals surface area contributed by atoms with E-state index in [1.54, 1.807) is 0 Å². The van der Waals surface area contributed by atoms with Crippen LogP contribution in [0.15, 0.2) is 24.3 Å². The number of anilines is 1. The lowest BCUT2D eigenvalue weighted by Crippen LogP contribution is -2.37. The lowest BCUT2D eigenvalue weighted by atomic mass is 9.95. The summed E-state index contributed by atoms with van der Waals surface area (Å²) in [5.74, 6) is -0.456. The molecule has 0 aliphatic rings. The van der Waals surface area contributed by atoms with Gasteiger partial charge in [0, 0.05) is 36.7 Å². The van der Waals surface area contributed by atoms with Crippen LogP contribution >= 0.6 is 0 Å². The molecule has 1 atom stereocenters. The summed E-state index contributed by atoms with van der Waals surface area (Å²) in [5.41, 5.74) is 7.18. The van der Waals surface area contributed by atoms with Crippen molar-refractivity contribution in [2.45, 2.75) is 59.5 Å². The molecule has 8 heteroatoms. The standard InChI is InChI=1S/C25H44N4O4/c1-6-13-29(5)16-21-8-10-22(11-9-21)28-20(2)7-12-24(31)27-18-25(3,4)19-33-15-14-32-17-23(26)30/h8-11,20,28H,6-7,12-19H2,1-5H3,(H2,26,30)(H,27,31). The van der Waals surface area contributed by atoms with Crippen molar-refractivity contribution < 1.29 is 19.1 Å². The zero-order valence-electron chi connectivity index (χ0n) is 21.1. The van der Waals surface area contributed by atoms with E-state index in [1.807, 2.05) is 13.8 Å². The predicted molar refractivity (Wildman–Crippen MR) is 133 cm³/mol. The Hall–Kier alpha value is -2.16. The van der Waals surface area contributed by atoms with Crippen molar-refractivity contribution in [1.82, 2.24) is 10.2 Å². The number of amides is 2. The van der Waals surface area contributed by atoms with Gasteiger partial charge in [-0.3, -0.25) is 9.59 Å². The number of carbonyl (C=O) groups excluding carboxylic acids is 2. The van der Waals surface area contributed by atoms with Crippen molar-refractivity contribution in [3.63, 3.8) is 0 Å². The maximum Gasteiger partial charge on any atom is 0.243 e. The van der Waals surface area contributed by atoms with Crippen molar-refractivity contribution in [2.75, 3.05) is 51.9 Å². The molecule has 0 bridgehead atoms. The van der Waals surface area contributed by atoms with Gasteiger partial charge in [0.25, 0.3) is 0 Å². The highest BCUT2D eigenvalue weighted by Crippen LogP contribution is 2.15. The van der Waals surface area contributed by atoms with Crippen LogP contribution in [0, 0.1) is 5.41 Å². The van der Waals surface area contributed by atoms with Crippen molar-refractivity contribution in [3.8, 4) is 0 Å². The van der Waals surface area contributed by atoms with Gasteiger partial charge in [-0.25, -0.2) is 0 Å². The molecule has 0 spiro atoms. The second-order valence-corrected chi connectivity index (χ2v) is 9.53. The highest BCUT2D eigenvalue weighted by atomic mass is 16.5. The van der Waals surface area contributed by atoms with E-state index in [1.165, 1.54) is 5.56 Å². The molecule has 4 N–H and O–H groups in total. The number of carbonyl (C=O) groups is 2. The molecular formula is C25H44N4O4. The Morgan fingerprint density at radius 2 is 1.82 bits per heavy atom. The van der Waals surface area contributed by atoms with Crippen LogP contribution in [0.3, 0.4) is 0 Å². The lowest BCUT2D eigenvalue weighted by Gasteiger charge is -2.25. The number of nitrogens with zero attached hydrogens (tertiary/aromatic N) is 1. The fourth-order valence-corrected chi connectivity index (χ4v) is 3.30. The number of primary amides is 1. The Balaban J connectivity index is 2.23. The molecule has 1 aromatic rings.